The Kier molecular flexibility index (Phi) is 5.78. The van der Waals surface area contributed by atoms with Crippen molar-refractivity contribution in [1.82, 2.24) is 4.57 Å². The molecule has 1 aliphatic heterocycles. The Morgan fingerprint density at radius 3 is 2.47 bits per heavy atom. The van der Waals surface area contributed by atoms with E-state index in [2.05, 4.69) is 0 Å². The highest BCUT2D eigenvalue weighted by Gasteiger charge is 2.38. The normalized spacial score (nSPS) is 15.7. The molecule has 0 saturated heterocycles. The summed E-state index contributed by atoms with van der Waals surface area (Å²) in [6, 6.07) is 17.2. The fraction of sp³-hybridized carbons (Fsp3) is 0.227. The highest BCUT2D eigenvalue weighted by molar-refractivity contribution is 7.98. The molecule has 154 valence electrons. The number of benzene rings is 2. The van der Waals surface area contributed by atoms with E-state index in [0.717, 1.165) is 26.7 Å². The number of hydrogen-bond acceptors (Lipinski definition) is 6. The number of esters is 1. The maximum Gasteiger partial charge on any atom is 0.325 e. The highest BCUT2D eigenvalue weighted by atomic mass is 32.2. The highest BCUT2D eigenvalue weighted by Crippen LogP contribution is 2.44. The van der Waals surface area contributed by atoms with Crippen molar-refractivity contribution in [2.45, 2.75) is 23.8 Å². The first-order valence-electron chi connectivity index (χ1n) is 9.35. The Morgan fingerprint density at radius 1 is 1.13 bits per heavy atom. The summed E-state index contributed by atoms with van der Waals surface area (Å²) in [6.07, 6.45) is 2.26. The number of hydrogen-bond donors (Lipinski definition) is 0. The van der Waals surface area contributed by atoms with Gasteiger partial charge >= 0.3 is 10.8 Å². The Bertz CT molecular complexity index is 1140. The Morgan fingerprint density at radius 2 is 1.83 bits per heavy atom. The van der Waals surface area contributed by atoms with Gasteiger partial charge in [0.1, 0.15) is 12.4 Å². The molecular formula is C22H20N2O4S2. The van der Waals surface area contributed by atoms with Crippen LogP contribution in [-0.2, 0) is 20.9 Å². The molecule has 0 spiro atoms. The van der Waals surface area contributed by atoms with Gasteiger partial charge in [0.25, 0.3) is 0 Å². The van der Waals surface area contributed by atoms with Gasteiger partial charge in [-0.25, -0.2) is 0 Å². The van der Waals surface area contributed by atoms with Crippen molar-refractivity contribution < 1.29 is 14.3 Å². The molecule has 1 amide bonds. The number of rotatable bonds is 5. The van der Waals surface area contributed by atoms with Gasteiger partial charge in [0.15, 0.2) is 0 Å². The van der Waals surface area contributed by atoms with Crippen LogP contribution in [0.15, 0.2) is 64.3 Å². The van der Waals surface area contributed by atoms with Crippen molar-refractivity contribution in [3.8, 4) is 0 Å². The van der Waals surface area contributed by atoms with Crippen LogP contribution in [0.4, 0.5) is 11.5 Å². The van der Waals surface area contributed by atoms with Crippen LogP contribution in [0, 0.1) is 0 Å². The molecule has 2 aromatic carbocycles. The van der Waals surface area contributed by atoms with Crippen LogP contribution in [0.5, 0.6) is 0 Å². The van der Waals surface area contributed by atoms with E-state index >= 15 is 0 Å². The molecule has 0 aliphatic carbocycles. The maximum atomic E-state index is 13.3. The van der Waals surface area contributed by atoms with E-state index in [9.17, 15) is 14.4 Å². The molecule has 4 rings (SSSR count). The molecule has 0 radical (unpaired) electrons. The molecule has 1 atom stereocenters. The van der Waals surface area contributed by atoms with Crippen LogP contribution in [0.1, 0.15) is 22.8 Å². The standard InChI is InChI=1S/C22H20N2O4S2/c1-28-19(26)13-23-21-20(30-22(23)27)17(14-8-10-16(29-2)11-9-14)12-18(25)24(21)15-6-4-3-5-7-15/h3-11,17H,12-13H2,1-2H3/t17-/m0/s1. The first-order valence-corrected chi connectivity index (χ1v) is 11.4. The average Bonchev–Trinajstić information content (AvgIpc) is 3.09. The number of methoxy groups -OCH3 is 1. The molecule has 0 unspecified atom stereocenters. The lowest BCUT2D eigenvalue weighted by Gasteiger charge is -2.32. The summed E-state index contributed by atoms with van der Waals surface area (Å²) in [5.74, 6) is -0.439. The molecule has 8 heteroatoms. The summed E-state index contributed by atoms with van der Waals surface area (Å²) < 4.78 is 6.12. The van der Waals surface area contributed by atoms with Gasteiger partial charge in [-0.2, -0.15) is 0 Å². The smallest absolute Gasteiger partial charge is 0.325 e. The van der Waals surface area contributed by atoms with E-state index in [1.54, 1.807) is 16.7 Å². The van der Waals surface area contributed by atoms with Crippen molar-refractivity contribution in [3.05, 3.63) is 74.7 Å². The number of para-hydroxylation sites is 1. The molecule has 1 aliphatic rings. The van der Waals surface area contributed by atoms with Crippen molar-refractivity contribution in [1.29, 1.82) is 0 Å². The summed E-state index contributed by atoms with van der Waals surface area (Å²) in [6.45, 7) is -0.240. The van der Waals surface area contributed by atoms with Gasteiger partial charge in [0.2, 0.25) is 5.91 Å². The minimum atomic E-state index is -0.537. The zero-order chi connectivity index (χ0) is 21.3. The van der Waals surface area contributed by atoms with Gasteiger partial charge < -0.3 is 4.74 Å². The molecular weight excluding hydrogens is 420 g/mol. The molecule has 0 fully saturated rings. The van der Waals surface area contributed by atoms with Crippen LogP contribution >= 0.6 is 23.1 Å². The van der Waals surface area contributed by atoms with Gasteiger partial charge in [-0.3, -0.25) is 23.9 Å². The van der Waals surface area contributed by atoms with Crippen LogP contribution in [0.3, 0.4) is 0 Å². The monoisotopic (exact) mass is 440 g/mol. The summed E-state index contributed by atoms with van der Waals surface area (Å²) in [7, 11) is 1.28. The fourth-order valence-corrected chi connectivity index (χ4v) is 5.14. The maximum absolute atomic E-state index is 13.3. The first-order chi connectivity index (χ1) is 14.5. The zero-order valence-electron chi connectivity index (χ0n) is 16.5. The second kappa shape index (κ2) is 8.49. The molecule has 0 saturated carbocycles. The topological polar surface area (TPSA) is 68.6 Å². The number of anilines is 2. The third kappa shape index (κ3) is 3.68. The van der Waals surface area contributed by atoms with E-state index in [1.807, 2.05) is 60.9 Å². The van der Waals surface area contributed by atoms with E-state index in [1.165, 1.54) is 11.7 Å². The molecule has 3 aromatic rings. The Hall–Kier alpha value is -2.84. The van der Waals surface area contributed by atoms with Gasteiger partial charge in [0.05, 0.1) is 17.7 Å². The molecule has 0 N–H and O–H groups in total. The largest absolute Gasteiger partial charge is 0.468 e. The number of carbonyl (C=O) groups excluding carboxylic acids is 2. The predicted molar refractivity (Wildman–Crippen MR) is 119 cm³/mol. The lowest BCUT2D eigenvalue weighted by Crippen LogP contribution is -2.36. The molecule has 30 heavy (non-hydrogen) atoms. The molecule has 1 aromatic heterocycles. The van der Waals surface area contributed by atoms with Crippen LogP contribution in [0.25, 0.3) is 0 Å². The molecule has 6 nitrogen and oxygen atoms in total. The first kappa shape index (κ1) is 20.4. The van der Waals surface area contributed by atoms with Crippen LogP contribution < -0.4 is 9.77 Å². The summed E-state index contributed by atoms with van der Waals surface area (Å²) in [4.78, 5) is 41.3. The second-order valence-corrected chi connectivity index (χ2v) is 8.69. The van der Waals surface area contributed by atoms with Gasteiger partial charge in [-0.05, 0) is 36.1 Å². The SMILES string of the molecule is COC(=O)Cn1c2c(sc1=O)[C@H](c1ccc(SC)cc1)CC(=O)N2c1ccccc1. The number of thioether (sulfide) groups is 1. The number of fused-ring (bicyclic) bond motifs is 1. The minimum absolute atomic E-state index is 0.121. The zero-order valence-corrected chi connectivity index (χ0v) is 18.2. The molecule has 0 bridgehead atoms. The predicted octanol–water partition coefficient (Wildman–Crippen LogP) is 4.01. The van der Waals surface area contributed by atoms with E-state index < -0.39 is 5.97 Å². The lowest BCUT2D eigenvalue weighted by molar-refractivity contribution is -0.141. The number of thiazole rings is 1. The Labute approximate surface area is 182 Å². The lowest BCUT2D eigenvalue weighted by atomic mass is 9.90. The average molecular weight is 441 g/mol. The molecule has 2 heterocycles. The van der Waals surface area contributed by atoms with Gasteiger partial charge in [0, 0.05) is 17.2 Å². The van der Waals surface area contributed by atoms with Gasteiger partial charge in [-0.1, -0.05) is 41.7 Å². The Balaban J connectivity index is 1.89. The van der Waals surface area contributed by atoms with E-state index in [-0.39, 0.29) is 29.7 Å². The number of aromatic nitrogens is 1. The summed E-state index contributed by atoms with van der Waals surface area (Å²) in [5, 5.41) is 0. The number of carbonyl (C=O) groups is 2. The summed E-state index contributed by atoms with van der Waals surface area (Å²) in [5.41, 5.74) is 1.64. The van der Waals surface area contributed by atoms with Crippen LogP contribution in [0.2, 0.25) is 0 Å². The second-order valence-electron chi connectivity index (χ2n) is 6.81. The van der Waals surface area contributed by atoms with Crippen molar-refractivity contribution in [2.75, 3.05) is 18.3 Å². The van der Waals surface area contributed by atoms with E-state index in [0.29, 0.717) is 11.5 Å². The minimum Gasteiger partial charge on any atom is -0.468 e. The number of ether oxygens (including phenoxy) is 1. The summed E-state index contributed by atoms with van der Waals surface area (Å²) >= 11 is 2.73. The fourth-order valence-electron chi connectivity index (χ4n) is 3.63. The van der Waals surface area contributed by atoms with Crippen molar-refractivity contribution in [3.63, 3.8) is 0 Å². The van der Waals surface area contributed by atoms with E-state index in [4.69, 9.17) is 4.74 Å². The number of nitrogens with zero attached hydrogens (tertiary/aromatic N) is 2. The van der Waals surface area contributed by atoms with Crippen molar-refractivity contribution in [2.24, 2.45) is 0 Å². The van der Waals surface area contributed by atoms with Gasteiger partial charge in [-0.15, -0.1) is 11.8 Å². The quantitative estimate of drug-likeness (QED) is 0.443. The third-order valence-electron chi connectivity index (χ3n) is 5.10. The van der Waals surface area contributed by atoms with Crippen LogP contribution in [-0.4, -0.2) is 29.8 Å². The van der Waals surface area contributed by atoms with Crippen molar-refractivity contribution >= 4 is 46.5 Å². The number of amides is 1. The third-order valence-corrected chi connectivity index (χ3v) is 6.92.